The molecule has 0 aliphatic carbocycles. The normalized spacial score (nSPS) is 13.0. The third-order valence-corrected chi connectivity index (χ3v) is 2.48. The van der Waals surface area contributed by atoms with Crippen molar-refractivity contribution in [2.24, 2.45) is 0 Å². The number of nitrogens with one attached hydrogen (secondary N) is 2. The SMILES string of the molecule is CC(O)(CNC(=O)Nc1cccc([N+](=O)[O-])c1)CC(=O)O. The van der Waals surface area contributed by atoms with Gasteiger partial charge in [-0.15, -0.1) is 0 Å². The lowest BCUT2D eigenvalue weighted by Gasteiger charge is -2.21. The fourth-order valence-corrected chi connectivity index (χ4v) is 1.53. The van der Waals surface area contributed by atoms with Crippen LogP contribution >= 0.6 is 0 Å². The first-order valence-corrected chi connectivity index (χ1v) is 5.93. The van der Waals surface area contributed by atoms with Crippen LogP contribution in [0.15, 0.2) is 24.3 Å². The van der Waals surface area contributed by atoms with Crippen LogP contribution in [0.2, 0.25) is 0 Å². The molecule has 0 aliphatic heterocycles. The van der Waals surface area contributed by atoms with Gasteiger partial charge in [0, 0.05) is 24.4 Å². The van der Waals surface area contributed by atoms with Gasteiger partial charge in [-0.1, -0.05) is 6.07 Å². The number of rotatable bonds is 6. The molecule has 0 aromatic heterocycles. The molecule has 0 radical (unpaired) electrons. The summed E-state index contributed by atoms with van der Waals surface area (Å²) in [5.74, 6) is -1.19. The van der Waals surface area contributed by atoms with E-state index in [1.807, 2.05) is 0 Å². The molecule has 2 amide bonds. The summed E-state index contributed by atoms with van der Waals surface area (Å²) in [4.78, 5) is 32.1. The van der Waals surface area contributed by atoms with Crippen LogP contribution in [0.25, 0.3) is 0 Å². The molecular formula is C12H15N3O6. The lowest BCUT2D eigenvalue weighted by molar-refractivity contribution is -0.384. The number of hydrogen-bond acceptors (Lipinski definition) is 5. The van der Waals surface area contributed by atoms with Crippen LogP contribution < -0.4 is 10.6 Å². The van der Waals surface area contributed by atoms with Gasteiger partial charge in [0.05, 0.1) is 16.9 Å². The van der Waals surface area contributed by atoms with E-state index in [9.17, 15) is 24.8 Å². The minimum absolute atomic E-state index is 0.175. The molecule has 9 nitrogen and oxygen atoms in total. The van der Waals surface area contributed by atoms with Crippen molar-refractivity contribution in [3.63, 3.8) is 0 Å². The van der Waals surface area contributed by atoms with E-state index in [0.717, 1.165) is 0 Å². The Labute approximate surface area is 119 Å². The number of hydrogen-bond donors (Lipinski definition) is 4. The van der Waals surface area contributed by atoms with Crippen molar-refractivity contribution in [1.82, 2.24) is 5.32 Å². The van der Waals surface area contributed by atoms with E-state index >= 15 is 0 Å². The molecular weight excluding hydrogens is 282 g/mol. The number of anilines is 1. The van der Waals surface area contributed by atoms with Crippen molar-refractivity contribution in [2.45, 2.75) is 18.9 Å². The fourth-order valence-electron chi connectivity index (χ4n) is 1.53. The Bertz CT molecular complexity index is 558. The second-order valence-corrected chi connectivity index (χ2v) is 4.68. The first-order chi connectivity index (χ1) is 9.69. The highest BCUT2D eigenvalue weighted by atomic mass is 16.6. The number of nitro benzene ring substituents is 1. The van der Waals surface area contributed by atoms with Crippen LogP contribution in [0.1, 0.15) is 13.3 Å². The molecule has 0 heterocycles. The van der Waals surface area contributed by atoms with Gasteiger partial charge in [0.1, 0.15) is 0 Å². The Kier molecular flexibility index (Phi) is 5.19. The van der Waals surface area contributed by atoms with E-state index in [1.165, 1.54) is 31.2 Å². The highest BCUT2D eigenvalue weighted by Crippen LogP contribution is 2.16. The molecule has 0 spiro atoms. The average Bonchev–Trinajstić information content (AvgIpc) is 2.35. The average molecular weight is 297 g/mol. The molecule has 0 fully saturated rings. The number of benzene rings is 1. The number of nitro groups is 1. The zero-order valence-electron chi connectivity index (χ0n) is 11.2. The maximum Gasteiger partial charge on any atom is 0.319 e. The zero-order chi connectivity index (χ0) is 16.0. The zero-order valence-corrected chi connectivity index (χ0v) is 11.2. The Balaban J connectivity index is 2.56. The summed E-state index contributed by atoms with van der Waals surface area (Å²) in [5.41, 5.74) is -1.56. The molecule has 1 aromatic rings. The second kappa shape index (κ2) is 6.66. The standard InChI is InChI=1S/C12H15N3O6/c1-12(19,6-10(16)17)7-13-11(18)14-8-3-2-4-9(5-8)15(20)21/h2-5,19H,6-7H2,1H3,(H,16,17)(H2,13,14,18). The van der Waals surface area contributed by atoms with Crippen molar-refractivity contribution in [1.29, 1.82) is 0 Å². The largest absolute Gasteiger partial charge is 0.481 e. The smallest absolute Gasteiger partial charge is 0.319 e. The van der Waals surface area contributed by atoms with Crippen molar-refractivity contribution in [3.05, 3.63) is 34.4 Å². The van der Waals surface area contributed by atoms with E-state index in [-0.39, 0.29) is 17.9 Å². The van der Waals surface area contributed by atoms with E-state index in [4.69, 9.17) is 5.11 Å². The molecule has 1 rings (SSSR count). The highest BCUT2D eigenvalue weighted by molar-refractivity contribution is 5.89. The van der Waals surface area contributed by atoms with Crippen molar-refractivity contribution >= 4 is 23.4 Å². The third kappa shape index (κ3) is 5.87. The predicted molar refractivity (Wildman–Crippen MR) is 73.0 cm³/mol. The van der Waals surface area contributed by atoms with Gasteiger partial charge in [-0.2, -0.15) is 0 Å². The summed E-state index contributed by atoms with van der Waals surface area (Å²) in [6, 6.07) is 4.62. The molecule has 0 saturated carbocycles. The number of non-ortho nitro benzene ring substituents is 1. The van der Waals surface area contributed by atoms with Crippen molar-refractivity contribution in [3.8, 4) is 0 Å². The third-order valence-electron chi connectivity index (χ3n) is 2.48. The topological polar surface area (TPSA) is 142 Å². The Morgan fingerprint density at radius 3 is 2.67 bits per heavy atom. The van der Waals surface area contributed by atoms with Gasteiger partial charge in [0.15, 0.2) is 0 Å². The Morgan fingerprint density at radius 1 is 1.43 bits per heavy atom. The molecule has 0 aliphatic rings. The van der Waals surface area contributed by atoms with Crippen LogP contribution in [-0.4, -0.2) is 39.3 Å². The van der Waals surface area contributed by atoms with Crippen molar-refractivity contribution < 1.29 is 24.7 Å². The molecule has 1 aromatic carbocycles. The molecule has 4 N–H and O–H groups in total. The second-order valence-electron chi connectivity index (χ2n) is 4.68. The van der Waals surface area contributed by atoms with Gasteiger partial charge in [0.2, 0.25) is 0 Å². The molecule has 1 atom stereocenters. The summed E-state index contributed by atoms with van der Waals surface area (Å²) in [7, 11) is 0. The minimum atomic E-state index is -1.59. The first-order valence-electron chi connectivity index (χ1n) is 5.93. The highest BCUT2D eigenvalue weighted by Gasteiger charge is 2.24. The number of aliphatic carboxylic acids is 1. The van der Waals surface area contributed by atoms with Gasteiger partial charge in [-0.3, -0.25) is 14.9 Å². The van der Waals surface area contributed by atoms with E-state index in [1.54, 1.807) is 0 Å². The summed E-state index contributed by atoms with van der Waals surface area (Å²) in [5, 5.41) is 33.5. The summed E-state index contributed by atoms with van der Waals surface area (Å²) in [6.45, 7) is 0.995. The number of aliphatic hydroxyl groups is 1. The number of carboxylic acids is 1. The van der Waals surface area contributed by atoms with E-state index in [2.05, 4.69) is 10.6 Å². The van der Waals surface area contributed by atoms with Crippen molar-refractivity contribution in [2.75, 3.05) is 11.9 Å². The number of carbonyl (C=O) groups is 2. The number of nitrogens with zero attached hydrogens (tertiary/aromatic N) is 1. The number of urea groups is 1. The predicted octanol–water partition coefficient (Wildman–Crippen LogP) is 0.942. The maximum absolute atomic E-state index is 11.6. The van der Waals surface area contributed by atoms with Gasteiger partial charge in [0.25, 0.3) is 5.69 Å². The minimum Gasteiger partial charge on any atom is -0.481 e. The van der Waals surface area contributed by atoms with Gasteiger partial charge in [-0.25, -0.2) is 4.79 Å². The number of amides is 2. The number of carboxylic acid groups (broad SMARTS) is 1. The van der Waals surface area contributed by atoms with Crippen LogP contribution in [0.4, 0.5) is 16.2 Å². The lowest BCUT2D eigenvalue weighted by atomic mass is 10.0. The molecule has 0 saturated heterocycles. The molecule has 0 bridgehead atoms. The molecule has 9 heteroatoms. The number of carbonyl (C=O) groups excluding carboxylic acids is 1. The fraction of sp³-hybridized carbons (Fsp3) is 0.333. The van der Waals surface area contributed by atoms with Crippen LogP contribution in [-0.2, 0) is 4.79 Å². The first kappa shape index (κ1) is 16.4. The van der Waals surface area contributed by atoms with Gasteiger partial charge in [-0.05, 0) is 13.0 Å². The maximum atomic E-state index is 11.6. The molecule has 114 valence electrons. The quantitative estimate of drug-likeness (QED) is 0.454. The molecule has 21 heavy (non-hydrogen) atoms. The van der Waals surface area contributed by atoms with Gasteiger partial charge < -0.3 is 20.8 Å². The van der Waals surface area contributed by atoms with E-state index < -0.39 is 28.9 Å². The summed E-state index contributed by atoms with van der Waals surface area (Å²) >= 11 is 0. The van der Waals surface area contributed by atoms with Crippen LogP contribution in [0.5, 0.6) is 0 Å². The molecule has 1 unspecified atom stereocenters. The summed E-state index contributed by atoms with van der Waals surface area (Å²) < 4.78 is 0. The monoisotopic (exact) mass is 297 g/mol. The van der Waals surface area contributed by atoms with Crippen LogP contribution in [0, 0.1) is 10.1 Å². The lowest BCUT2D eigenvalue weighted by Crippen LogP contribution is -2.43. The van der Waals surface area contributed by atoms with Gasteiger partial charge >= 0.3 is 12.0 Å². The summed E-state index contributed by atoms with van der Waals surface area (Å²) in [6.07, 6.45) is -0.524. The Morgan fingerprint density at radius 2 is 2.10 bits per heavy atom. The van der Waals surface area contributed by atoms with Crippen LogP contribution in [0.3, 0.4) is 0 Å². The van der Waals surface area contributed by atoms with E-state index in [0.29, 0.717) is 0 Å². The Hall–Kier alpha value is -2.68.